The maximum Gasteiger partial charge on any atom is 0.424 e. The summed E-state index contributed by atoms with van der Waals surface area (Å²) in [6.45, 7) is 0. The van der Waals surface area contributed by atoms with Gasteiger partial charge in [0.25, 0.3) is 5.71 Å². The van der Waals surface area contributed by atoms with Gasteiger partial charge >= 0.3 is 16.9 Å². The van der Waals surface area contributed by atoms with Crippen molar-refractivity contribution >= 4 is 11.3 Å². The highest BCUT2D eigenvalue weighted by Gasteiger charge is 2.07. The predicted octanol–water partition coefficient (Wildman–Crippen LogP) is -1.16. The minimum absolute atomic E-state index is 0.0447. The number of fused-ring (bicyclic) bond motifs is 1. The summed E-state index contributed by atoms with van der Waals surface area (Å²) in [5.74, 6) is 0. The zero-order chi connectivity index (χ0) is 10.3. The third kappa shape index (κ3) is 1.15. The number of hydrogen-bond donors (Lipinski definition) is 0. The molecule has 0 N–H and O–H groups in total. The van der Waals surface area contributed by atoms with Gasteiger partial charge in [-0.25, -0.2) is 14.4 Å². The molecule has 0 aromatic carbocycles. The van der Waals surface area contributed by atoms with Crippen LogP contribution in [0.2, 0.25) is 0 Å². The van der Waals surface area contributed by atoms with Crippen LogP contribution in [0, 0.1) is 0 Å². The quantitative estimate of drug-likeness (QED) is 0.493. The van der Waals surface area contributed by atoms with Crippen LogP contribution in [0.15, 0.2) is 29.4 Å². The van der Waals surface area contributed by atoms with Crippen LogP contribution in [0.1, 0.15) is 0 Å². The second-order valence-corrected chi connectivity index (χ2v) is 2.58. The van der Waals surface area contributed by atoms with E-state index in [0.717, 1.165) is 4.57 Å². The lowest BCUT2D eigenvalue weighted by Crippen LogP contribution is -2.24. The van der Waals surface area contributed by atoms with Crippen molar-refractivity contribution in [2.75, 3.05) is 0 Å². The SMILES string of the molecule is Cn1cc2oc(=O)c(=O)oc2nc1=O. The average molecular weight is 196 g/mol. The van der Waals surface area contributed by atoms with Crippen molar-refractivity contribution in [3.63, 3.8) is 0 Å². The van der Waals surface area contributed by atoms with Gasteiger partial charge in [0.15, 0.2) is 0 Å². The molecule has 0 atom stereocenters. The Morgan fingerprint density at radius 1 is 1.21 bits per heavy atom. The highest BCUT2D eigenvalue weighted by atomic mass is 16.5. The van der Waals surface area contributed by atoms with E-state index < -0.39 is 16.9 Å². The van der Waals surface area contributed by atoms with Crippen molar-refractivity contribution in [2.24, 2.45) is 7.05 Å². The van der Waals surface area contributed by atoms with E-state index in [4.69, 9.17) is 0 Å². The second-order valence-electron chi connectivity index (χ2n) is 2.58. The van der Waals surface area contributed by atoms with Crippen molar-refractivity contribution in [3.8, 4) is 0 Å². The smallest absolute Gasteiger partial charge is 0.411 e. The fourth-order valence-electron chi connectivity index (χ4n) is 0.921. The number of nitrogens with zero attached hydrogens (tertiary/aromatic N) is 2. The van der Waals surface area contributed by atoms with Gasteiger partial charge in [0, 0.05) is 7.05 Å². The Labute approximate surface area is 75.2 Å². The topological polar surface area (TPSA) is 95.3 Å². The van der Waals surface area contributed by atoms with E-state index in [0.29, 0.717) is 0 Å². The van der Waals surface area contributed by atoms with Crippen LogP contribution in [0.5, 0.6) is 0 Å². The molecule has 2 heterocycles. The largest absolute Gasteiger partial charge is 0.424 e. The van der Waals surface area contributed by atoms with Gasteiger partial charge < -0.3 is 8.83 Å². The third-order valence-electron chi connectivity index (χ3n) is 1.58. The summed E-state index contributed by atoms with van der Waals surface area (Å²) in [5.41, 5.74) is -3.24. The maximum absolute atomic E-state index is 11.0. The van der Waals surface area contributed by atoms with E-state index >= 15 is 0 Å². The molecule has 0 amide bonds. The molecule has 0 aliphatic rings. The number of hydrogen-bond acceptors (Lipinski definition) is 6. The van der Waals surface area contributed by atoms with Gasteiger partial charge in [-0.1, -0.05) is 0 Å². The summed E-state index contributed by atoms with van der Waals surface area (Å²) in [6.07, 6.45) is 1.22. The Hall–Kier alpha value is -2.18. The first kappa shape index (κ1) is 8.42. The van der Waals surface area contributed by atoms with Gasteiger partial charge in [-0.2, -0.15) is 4.98 Å². The molecule has 0 radical (unpaired) electrons. The van der Waals surface area contributed by atoms with Gasteiger partial charge in [-0.15, -0.1) is 0 Å². The fraction of sp³-hybridized carbons (Fsp3) is 0.143. The van der Waals surface area contributed by atoms with E-state index in [2.05, 4.69) is 13.8 Å². The molecule has 2 rings (SSSR count). The molecule has 0 bridgehead atoms. The molecular weight excluding hydrogens is 192 g/mol. The van der Waals surface area contributed by atoms with E-state index in [1.165, 1.54) is 13.2 Å². The molecule has 2 aromatic heterocycles. The van der Waals surface area contributed by atoms with Gasteiger partial charge in [0.2, 0.25) is 5.58 Å². The molecule has 2 aromatic rings. The standard InChI is InChI=1S/C7H4N2O5/c1-9-2-3-4(8-7(9)12)14-6(11)5(10)13-3/h2H,1H3. The maximum atomic E-state index is 11.0. The number of rotatable bonds is 0. The Kier molecular flexibility index (Phi) is 1.60. The number of aromatic nitrogens is 2. The molecule has 0 unspecified atom stereocenters. The van der Waals surface area contributed by atoms with Crippen molar-refractivity contribution in [1.29, 1.82) is 0 Å². The van der Waals surface area contributed by atoms with E-state index in [-0.39, 0.29) is 11.3 Å². The molecule has 0 saturated heterocycles. The van der Waals surface area contributed by atoms with Crippen LogP contribution in [0.4, 0.5) is 0 Å². The molecule has 0 saturated carbocycles. The summed E-state index contributed by atoms with van der Waals surface area (Å²) >= 11 is 0. The molecule has 72 valence electrons. The van der Waals surface area contributed by atoms with Gasteiger partial charge in [-0.05, 0) is 0 Å². The number of aryl methyl sites for hydroxylation is 1. The van der Waals surface area contributed by atoms with E-state index in [9.17, 15) is 14.4 Å². The highest BCUT2D eigenvalue weighted by Crippen LogP contribution is 2.01. The van der Waals surface area contributed by atoms with Gasteiger partial charge in [0.05, 0.1) is 6.20 Å². The molecule has 0 spiro atoms. The lowest BCUT2D eigenvalue weighted by molar-refractivity contribution is 0.437. The molecule has 7 heteroatoms. The molecule has 7 nitrogen and oxygen atoms in total. The highest BCUT2D eigenvalue weighted by molar-refractivity contribution is 5.61. The van der Waals surface area contributed by atoms with E-state index in [1.54, 1.807) is 0 Å². The first-order valence-electron chi connectivity index (χ1n) is 3.59. The summed E-state index contributed by atoms with van der Waals surface area (Å²) < 4.78 is 10.1. The lowest BCUT2D eigenvalue weighted by atomic mass is 10.6. The van der Waals surface area contributed by atoms with Crippen molar-refractivity contribution in [3.05, 3.63) is 37.5 Å². The Morgan fingerprint density at radius 3 is 2.57 bits per heavy atom. The zero-order valence-electron chi connectivity index (χ0n) is 7.01. The Morgan fingerprint density at radius 2 is 1.86 bits per heavy atom. The average Bonchev–Trinajstić information content (AvgIpc) is 2.11. The van der Waals surface area contributed by atoms with Crippen LogP contribution in [-0.2, 0) is 7.05 Å². The summed E-state index contributed by atoms with van der Waals surface area (Å²) in [6, 6.07) is 0. The Bertz CT molecular complexity index is 662. The molecular formula is C7H4N2O5. The molecule has 0 aliphatic heterocycles. The Balaban J connectivity index is 3.05. The summed E-state index contributed by atoms with van der Waals surface area (Å²) in [4.78, 5) is 35.8. The van der Waals surface area contributed by atoms with Crippen LogP contribution >= 0.6 is 0 Å². The van der Waals surface area contributed by atoms with Crippen LogP contribution in [0.3, 0.4) is 0 Å². The van der Waals surface area contributed by atoms with Crippen LogP contribution < -0.4 is 16.9 Å². The molecule has 0 aliphatic carbocycles. The zero-order valence-corrected chi connectivity index (χ0v) is 7.01. The predicted molar refractivity (Wildman–Crippen MR) is 44.1 cm³/mol. The normalized spacial score (nSPS) is 10.6. The molecule has 0 fully saturated rings. The van der Waals surface area contributed by atoms with Crippen molar-refractivity contribution < 1.29 is 8.83 Å². The second kappa shape index (κ2) is 2.66. The van der Waals surface area contributed by atoms with Gasteiger partial charge in [-0.3, -0.25) is 4.57 Å². The van der Waals surface area contributed by atoms with Crippen LogP contribution in [-0.4, -0.2) is 9.55 Å². The lowest BCUT2D eigenvalue weighted by Gasteiger charge is -1.95. The van der Waals surface area contributed by atoms with Crippen molar-refractivity contribution in [1.82, 2.24) is 9.55 Å². The third-order valence-corrected chi connectivity index (χ3v) is 1.58. The summed E-state index contributed by atoms with van der Waals surface area (Å²) in [7, 11) is 1.43. The monoisotopic (exact) mass is 196 g/mol. The summed E-state index contributed by atoms with van der Waals surface area (Å²) in [5, 5.41) is 0. The fourth-order valence-corrected chi connectivity index (χ4v) is 0.921. The molecule has 14 heavy (non-hydrogen) atoms. The van der Waals surface area contributed by atoms with Crippen molar-refractivity contribution in [2.45, 2.75) is 0 Å². The minimum Gasteiger partial charge on any atom is -0.411 e. The first-order valence-corrected chi connectivity index (χ1v) is 3.59. The van der Waals surface area contributed by atoms with Crippen LogP contribution in [0.25, 0.3) is 11.3 Å². The first-order chi connectivity index (χ1) is 6.58. The minimum atomic E-state index is -1.18. The van der Waals surface area contributed by atoms with E-state index in [1.807, 2.05) is 0 Å². The van der Waals surface area contributed by atoms with Gasteiger partial charge in [0.1, 0.15) is 0 Å².